The molecule has 0 aliphatic heterocycles. The number of nitrogens with one attached hydrogen (secondary N) is 2. The Morgan fingerprint density at radius 1 is 1.11 bits per heavy atom. The maximum atomic E-state index is 9.52. The van der Waals surface area contributed by atoms with Gasteiger partial charge in [0.1, 0.15) is 5.75 Å². The molecule has 2 aromatic carbocycles. The number of benzene rings is 2. The molecule has 0 aliphatic rings. The SMILES string of the molecule is CCNC(=NCCCOC(C)c1ccccc1)NCCc1cccc(O)c1.I. The van der Waals surface area contributed by atoms with E-state index in [1.165, 1.54) is 5.56 Å². The summed E-state index contributed by atoms with van der Waals surface area (Å²) in [5.74, 6) is 1.12. The van der Waals surface area contributed by atoms with Crippen LogP contribution in [0.15, 0.2) is 59.6 Å². The minimum atomic E-state index is 0. The lowest BCUT2D eigenvalue weighted by Gasteiger charge is -2.13. The maximum Gasteiger partial charge on any atom is 0.191 e. The second kappa shape index (κ2) is 14.2. The van der Waals surface area contributed by atoms with Crippen molar-refractivity contribution >= 4 is 29.9 Å². The van der Waals surface area contributed by atoms with Crippen molar-refractivity contribution in [1.29, 1.82) is 0 Å². The summed E-state index contributed by atoms with van der Waals surface area (Å²) in [6, 6.07) is 17.6. The van der Waals surface area contributed by atoms with Crippen LogP contribution in [0.5, 0.6) is 5.75 Å². The Bertz CT molecular complexity index is 695. The lowest BCUT2D eigenvalue weighted by atomic mass is 10.1. The van der Waals surface area contributed by atoms with Gasteiger partial charge >= 0.3 is 0 Å². The van der Waals surface area contributed by atoms with E-state index in [0.29, 0.717) is 18.9 Å². The Morgan fingerprint density at radius 3 is 2.61 bits per heavy atom. The molecule has 0 aliphatic carbocycles. The summed E-state index contributed by atoms with van der Waals surface area (Å²) in [6.45, 7) is 7.10. The summed E-state index contributed by atoms with van der Waals surface area (Å²) in [5.41, 5.74) is 2.30. The van der Waals surface area contributed by atoms with Crippen molar-refractivity contribution in [3.63, 3.8) is 0 Å². The van der Waals surface area contributed by atoms with E-state index in [9.17, 15) is 5.11 Å². The summed E-state index contributed by atoms with van der Waals surface area (Å²) < 4.78 is 5.89. The average Bonchev–Trinajstić information content (AvgIpc) is 2.68. The molecule has 0 aromatic heterocycles. The fourth-order valence-corrected chi connectivity index (χ4v) is 2.71. The molecule has 28 heavy (non-hydrogen) atoms. The molecule has 0 saturated carbocycles. The second-order valence-corrected chi connectivity index (χ2v) is 6.38. The van der Waals surface area contributed by atoms with Crippen LogP contribution in [0.25, 0.3) is 0 Å². The van der Waals surface area contributed by atoms with Gasteiger partial charge in [-0.3, -0.25) is 4.99 Å². The van der Waals surface area contributed by atoms with Crippen LogP contribution in [0, 0.1) is 0 Å². The zero-order chi connectivity index (χ0) is 19.3. The third-order valence-corrected chi connectivity index (χ3v) is 4.17. The van der Waals surface area contributed by atoms with Gasteiger partial charge in [0.2, 0.25) is 0 Å². The van der Waals surface area contributed by atoms with E-state index in [1.54, 1.807) is 12.1 Å². The highest BCUT2D eigenvalue weighted by molar-refractivity contribution is 14.0. The van der Waals surface area contributed by atoms with Gasteiger partial charge in [-0.1, -0.05) is 42.5 Å². The summed E-state index contributed by atoms with van der Waals surface area (Å²) in [5, 5.41) is 16.1. The number of rotatable bonds is 10. The van der Waals surface area contributed by atoms with E-state index < -0.39 is 0 Å². The fraction of sp³-hybridized carbons (Fsp3) is 0.409. The Kier molecular flexibility index (Phi) is 12.3. The quantitative estimate of drug-likeness (QED) is 0.199. The second-order valence-electron chi connectivity index (χ2n) is 6.38. The number of aliphatic imine (C=N–C) groups is 1. The normalized spacial score (nSPS) is 12.1. The molecular weight excluding hydrogens is 465 g/mol. The summed E-state index contributed by atoms with van der Waals surface area (Å²) in [7, 11) is 0. The van der Waals surface area contributed by atoms with E-state index in [1.807, 2.05) is 30.3 Å². The maximum absolute atomic E-state index is 9.52. The van der Waals surface area contributed by atoms with Gasteiger partial charge in [-0.2, -0.15) is 0 Å². The molecule has 0 bridgehead atoms. The van der Waals surface area contributed by atoms with Crippen molar-refractivity contribution in [2.24, 2.45) is 4.99 Å². The van der Waals surface area contributed by atoms with Gasteiger partial charge in [0.05, 0.1) is 6.10 Å². The monoisotopic (exact) mass is 497 g/mol. The fourth-order valence-electron chi connectivity index (χ4n) is 2.71. The molecule has 1 unspecified atom stereocenters. The molecule has 0 spiro atoms. The Balaban J connectivity index is 0.00000392. The number of hydrogen-bond acceptors (Lipinski definition) is 3. The summed E-state index contributed by atoms with van der Waals surface area (Å²) >= 11 is 0. The standard InChI is InChI=1S/C22H31N3O2.HI/c1-3-23-22(25-15-13-19-9-7-12-21(26)17-19)24-14-8-16-27-18(2)20-10-5-4-6-11-20;/h4-7,9-12,17-18,26H,3,8,13-16H2,1-2H3,(H2,23,24,25);1H. The van der Waals surface area contributed by atoms with Crippen molar-refractivity contribution < 1.29 is 9.84 Å². The number of phenols is 1. The predicted octanol–water partition coefficient (Wildman–Crippen LogP) is 4.28. The number of aromatic hydroxyl groups is 1. The molecule has 2 aromatic rings. The molecule has 0 saturated heterocycles. The van der Waals surface area contributed by atoms with Crippen LogP contribution >= 0.6 is 24.0 Å². The van der Waals surface area contributed by atoms with Crippen LogP contribution in [-0.2, 0) is 11.2 Å². The molecule has 1 atom stereocenters. The van der Waals surface area contributed by atoms with Crippen molar-refractivity contribution in [2.45, 2.75) is 32.8 Å². The number of hydrogen-bond donors (Lipinski definition) is 3. The molecule has 154 valence electrons. The van der Waals surface area contributed by atoms with E-state index in [-0.39, 0.29) is 30.1 Å². The number of phenolic OH excluding ortho intramolecular Hbond substituents is 1. The molecular formula is C22H32IN3O2. The molecule has 2 rings (SSSR count). The highest BCUT2D eigenvalue weighted by atomic mass is 127. The first-order valence-corrected chi connectivity index (χ1v) is 9.65. The van der Waals surface area contributed by atoms with Gasteiger partial charge in [-0.25, -0.2) is 0 Å². The van der Waals surface area contributed by atoms with Crippen LogP contribution in [0.3, 0.4) is 0 Å². The molecule has 0 amide bonds. The van der Waals surface area contributed by atoms with Crippen LogP contribution in [0.4, 0.5) is 0 Å². The van der Waals surface area contributed by atoms with Gasteiger partial charge in [-0.05, 0) is 49.9 Å². The van der Waals surface area contributed by atoms with Crippen LogP contribution in [-0.4, -0.2) is 37.3 Å². The lowest BCUT2D eigenvalue weighted by molar-refractivity contribution is 0.0652. The molecule has 0 heterocycles. The Labute approximate surface area is 185 Å². The zero-order valence-electron chi connectivity index (χ0n) is 16.7. The molecule has 6 heteroatoms. The van der Waals surface area contributed by atoms with Crippen molar-refractivity contribution in [3.05, 3.63) is 65.7 Å². The third-order valence-electron chi connectivity index (χ3n) is 4.17. The molecule has 0 fully saturated rings. The summed E-state index contributed by atoms with van der Waals surface area (Å²) in [6.07, 6.45) is 1.81. The van der Waals surface area contributed by atoms with Gasteiger partial charge in [-0.15, -0.1) is 24.0 Å². The lowest BCUT2D eigenvalue weighted by Crippen LogP contribution is -2.38. The minimum Gasteiger partial charge on any atom is -0.508 e. The average molecular weight is 497 g/mol. The van der Waals surface area contributed by atoms with Gasteiger partial charge in [0.15, 0.2) is 5.96 Å². The first-order chi connectivity index (χ1) is 13.2. The smallest absolute Gasteiger partial charge is 0.191 e. The number of ether oxygens (including phenoxy) is 1. The first-order valence-electron chi connectivity index (χ1n) is 9.65. The highest BCUT2D eigenvalue weighted by Gasteiger charge is 2.04. The van der Waals surface area contributed by atoms with Crippen LogP contribution < -0.4 is 10.6 Å². The van der Waals surface area contributed by atoms with E-state index in [0.717, 1.165) is 37.5 Å². The van der Waals surface area contributed by atoms with Gasteiger partial charge in [0.25, 0.3) is 0 Å². The number of halogens is 1. The zero-order valence-corrected chi connectivity index (χ0v) is 19.1. The van der Waals surface area contributed by atoms with Crippen LogP contribution in [0.2, 0.25) is 0 Å². The molecule has 5 nitrogen and oxygen atoms in total. The topological polar surface area (TPSA) is 65.9 Å². The molecule has 3 N–H and O–H groups in total. The number of nitrogens with zero attached hydrogens (tertiary/aromatic N) is 1. The largest absolute Gasteiger partial charge is 0.508 e. The van der Waals surface area contributed by atoms with Gasteiger partial charge in [0, 0.05) is 26.2 Å². The minimum absolute atomic E-state index is 0. The van der Waals surface area contributed by atoms with Crippen molar-refractivity contribution in [1.82, 2.24) is 10.6 Å². The number of guanidine groups is 1. The van der Waals surface area contributed by atoms with E-state index >= 15 is 0 Å². The van der Waals surface area contributed by atoms with Crippen molar-refractivity contribution in [3.8, 4) is 5.75 Å². The van der Waals surface area contributed by atoms with E-state index in [4.69, 9.17) is 4.74 Å². The highest BCUT2D eigenvalue weighted by Crippen LogP contribution is 2.15. The van der Waals surface area contributed by atoms with Crippen LogP contribution in [0.1, 0.15) is 37.5 Å². The first kappa shape index (κ1) is 24.2. The molecule has 0 radical (unpaired) electrons. The van der Waals surface area contributed by atoms with Gasteiger partial charge < -0.3 is 20.5 Å². The van der Waals surface area contributed by atoms with Crippen molar-refractivity contribution in [2.75, 3.05) is 26.2 Å². The Morgan fingerprint density at radius 2 is 1.89 bits per heavy atom. The van der Waals surface area contributed by atoms with E-state index in [2.05, 4.69) is 41.6 Å². The summed E-state index contributed by atoms with van der Waals surface area (Å²) in [4.78, 5) is 4.60. The Hall–Kier alpha value is -1.80. The third kappa shape index (κ3) is 9.41. The predicted molar refractivity (Wildman–Crippen MR) is 127 cm³/mol.